The zero-order valence-electron chi connectivity index (χ0n) is 16.0. The molecule has 7 nitrogen and oxygen atoms in total. The highest BCUT2D eigenvalue weighted by atomic mass is 32.2. The zero-order chi connectivity index (χ0) is 21.0. The van der Waals surface area contributed by atoms with E-state index in [1.165, 1.54) is 31.4 Å². The molecule has 2 unspecified atom stereocenters. The molecule has 1 aromatic rings. The molecule has 10 heteroatoms. The Bertz CT molecular complexity index is 869. The molecule has 2 atom stereocenters. The van der Waals surface area contributed by atoms with Gasteiger partial charge in [-0.3, -0.25) is 9.69 Å². The number of para-hydroxylation sites is 1. The van der Waals surface area contributed by atoms with Crippen molar-refractivity contribution in [1.82, 2.24) is 10.2 Å². The topological polar surface area (TPSA) is 84.9 Å². The number of rotatable bonds is 7. The summed E-state index contributed by atoms with van der Waals surface area (Å²) in [7, 11) is -1.90. The number of hydrogen-bond acceptors (Lipinski definition) is 6. The molecular weight excluding hydrogens is 406 g/mol. The number of sulfone groups is 1. The lowest BCUT2D eigenvalue weighted by molar-refractivity contribution is -0.117. The molecule has 1 N–H and O–H groups in total. The first-order chi connectivity index (χ1) is 13.8. The maximum Gasteiger partial charge on any atom is 0.387 e. The van der Waals surface area contributed by atoms with Crippen LogP contribution in [0.2, 0.25) is 0 Å². The van der Waals surface area contributed by atoms with E-state index in [1.54, 1.807) is 6.07 Å². The van der Waals surface area contributed by atoms with E-state index < -0.39 is 28.4 Å². The molecule has 29 heavy (non-hydrogen) atoms. The summed E-state index contributed by atoms with van der Waals surface area (Å²) in [6.07, 6.45) is 4.54. The van der Waals surface area contributed by atoms with Gasteiger partial charge in [0.25, 0.3) is 0 Å². The summed E-state index contributed by atoms with van der Waals surface area (Å²) in [6.45, 7) is -1.40. The fourth-order valence-corrected chi connectivity index (χ4v) is 5.79. The number of likely N-dealkylation sites (tertiary alicyclic amines) is 1. The fourth-order valence-electron chi connectivity index (χ4n) is 3.84. The summed E-state index contributed by atoms with van der Waals surface area (Å²) in [5.41, 5.74) is 0.245. The molecule has 160 valence electrons. The monoisotopic (exact) mass is 430 g/mol. The minimum absolute atomic E-state index is 0.0317. The summed E-state index contributed by atoms with van der Waals surface area (Å²) >= 11 is 0. The molecule has 0 spiro atoms. The van der Waals surface area contributed by atoms with Crippen LogP contribution in [-0.4, -0.2) is 69.6 Å². The Hall–Kier alpha value is -2.20. The lowest BCUT2D eigenvalue weighted by Crippen LogP contribution is -2.49. The summed E-state index contributed by atoms with van der Waals surface area (Å²) < 4.78 is 59.1. The maximum atomic E-state index is 12.7. The van der Waals surface area contributed by atoms with Crippen LogP contribution in [0.15, 0.2) is 24.3 Å². The van der Waals surface area contributed by atoms with Gasteiger partial charge in [0.05, 0.1) is 24.7 Å². The van der Waals surface area contributed by atoms with Gasteiger partial charge in [-0.25, -0.2) is 8.42 Å². The molecule has 2 fully saturated rings. The zero-order valence-corrected chi connectivity index (χ0v) is 16.8. The van der Waals surface area contributed by atoms with Gasteiger partial charge in [-0.1, -0.05) is 12.1 Å². The minimum atomic E-state index is -3.22. The number of nitrogens with zero attached hydrogens (tertiary/aromatic N) is 1. The van der Waals surface area contributed by atoms with Crippen molar-refractivity contribution in [3.8, 4) is 11.5 Å². The summed E-state index contributed by atoms with van der Waals surface area (Å²) in [4.78, 5) is 14.5. The lowest BCUT2D eigenvalue weighted by Gasteiger charge is -2.28. The molecule has 0 radical (unpaired) electrons. The maximum absolute atomic E-state index is 12.7. The SMILES string of the molecule is COc1cccc(/C=C/C(=O)NC2CS(=O)(=O)CC2N2CCCC2)c1OC(F)F. The molecule has 0 aromatic heterocycles. The van der Waals surface area contributed by atoms with E-state index in [9.17, 15) is 22.0 Å². The van der Waals surface area contributed by atoms with Crippen LogP contribution in [0.3, 0.4) is 0 Å². The molecule has 2 aliphatic heterocycles. The average Bonchev–Trinajstić information content (AvgIpc) is 3.27. The van der Waals surface area contributed by atoms with Crippen LogP contribution >= 0.6 is 0 Å². The predicted molar refractivity (Wildman–Crippen MR) is 104 cm³/mol. The van der Waals surface area contributed by atoms with Crippen LogP contribution < -0.4 is 14.8 Å². The average molecular weight is 430 g/mol. The van der Waals surface area contributed by atoms with Crippen molar-refractivity contribution < 1.29 is 31.5 Å². The highest BCUT2D eigenvalue weighted by Crippen LogP contribution is 2.33. The number of carbonyl (C=O) groups excluding carboxylic acids is 1. The number of amides is 1. The Morgan fingerprint density at radius 1 is 1.28 bits per heavy atom. The fraction of sp³-hybridized carbons (Fsp3) is 0.526. The first-order valence-corrected chi connectivity index (χ1v) is 11.2. The highest BCUT2D eigenvalue weighted by Gasteiger charge is 2.42. The van der Waals surface area contributed by atoms with Gasteiger partial charge < -0.3 is 14.8 Å². The minimum Gasteiger partial charge on any atom is -0.493 e. The van der Waals surface area contributed by atoms with Crippen molar-refractivity contribution in [2.75, 3.05) is 31.7 Å². The second-order valence-electron chi connectivity index (χ2n) is 7.09. The van der Waals surface area contributed by atoms with Gasteiger partial charge in [0, 0.05) is 17.7 Å². The molecule has 2 aliphatic rings. The lowest BCUT2D eigenvalue weighted by atomic mass is 10.1. The van der Waals surface area contributed by atoms with Crippen LogP contribution in [-0.2, 0) is 14.6 Å². The van der Waals surface area contributed by atoms with Gasteiger partial charge in [0.15, 0.2) is 21.3 Å². The molecule has 2 heterocycles. The van der Waals surface area contributed by atoms with Crippen molar-refractivity contribution in [3.05, 3.63) is 29.8 Å². The second-order valence-corrected chi connectivity index (χ2v) is 9.25. The number of alkyl halides is 2. The number of hydrogen-bond donors (Lipinski definition) is 1. The summed E-state index contributed by atoms with van der Waals surface area (Å²) in [5, 5.41) is 2.75. The van der Waals surface area contributed by atoms with Gasteiger partial charge >= 0.3 is 6.61 Å². The van der Waals surface area contributed by atoms with Crippen LogP contribution in [0.25, 0.3) is 6.08 Å². The van der Waals surface area contributed by atoms with E-state index in [0.29, 0.717) is 0 Å². The number of methoxy groups -OCH3 is 1. The Morgan fingerprint density at radius 2 is 2.00 bits per heavy atom. The third kappa shape index (κ3) is 5.45. The van der Waals surface area contributed by atoms with E-state index in [1.807, 2.05) is 0 Å². The first-order valence-electron chi connectivity index (χ1n) is 9.34. The molecule has 1 amide bonds. The van der Waals surface area contributed by atoms with Gasteiger partial charge in [0.2, 0.25) is 5.91 Å². The normalized spacial score (nSPS) is 24.3. The third-order valence-corrected chi connectivity index (χ3v) is 6.83. The molecule has 0 saturated carbocycles. The van der Waals surface area contributed by atoms with Crippen molar-refractivity contribution in [3.63, 3.8) is 0 Å². The summed E-state index contributed by atoms with van der Waals surface area (Å²) in [6, 6.07) is 3.82. The van der Waals surface area contributed by atoms with Crippen molar-refractivity contribution in [2.24, 2.45) is 0 Å². The number of halogens is 2. The molecule has 1 aromatic carbocycles. The predicted octanol–water partition coefficient (Wildman–Crippen LogP) is 1.69. The highest BCUT2D eigenvalue weighted by molar-refractivity contribution is 7.91. The van der Waals surface area contributed by atoms with Gasteiger partial charge in [-0.15, -0.1) is 0 Å². The van der Waals surface area contributed by atoms with E-state index in [2.05, 4.69) is 15.0 Å². The van der Waals surface area contributed by atoms with Crippen LogP contribution in [0, 0.1) is 0 Å². The Morgan fingerprint density at radius 3 is 2.66 bits per heavy atom. The van der Waals surface area contributed by atoms with Gasteiger partial charge in [0.1, 0.15) is 0 Å². The van der Waals surface area contributed by atoms with Crippen molar-refractivity contribution in [1.29, 1.82) is 0 Å². The molecular formula is C19H24F2N2O5S. The van der Waals surface area contributed by atoms with E-state index in [-0.39, 0.29) is 34.6 Å². The molecule has 2 saturated heterocycles. The van der Waals surface area contributed by atoms with Crippen LogP contribution in [0.1, 0.15) is 18.4 Å². The Balaban J connectivity index is 1.72. The van der Waals surface area contributed by atoms with E-state index in [4.69, 9.17) is 4.74 Å². The van der Waals surface area contributed by atoms with Crippen molar-refractivity contribution >= 4 is 21.8 Å². The standard InChI is InChI=1S/C19H24F2N2O5S/c1-27-16-6-4-5-13(18(16)28-19(20)21)7-8-17(24)22-14-11-29(25,26)12-15(14)23-9-2-3-10-23/h4-8,14-15,19H,2-3,9-12H2,1H3,(H,22,24)/b8-7+. The molecule has 0 bridgehead atoms. The second kappa shape index (κ2) is 9.08. The molecule has 0 aliphatic carbocycles. The Labute approximate surface area is 168 Å². The van der Waals surface area contributed by atoms with Crippen molar-refractivity contribution in [2.45, 2.75) is 31.5 Å². The van der Waals surface area contributed by atoms with E-state index in [0.717, 1.165) is 25.9 Å². The number of benzene rings is 1. The first kappa shape index (κ1) is 21.5. The summed E-state index contributed by atoms with van der Waals surface area (Å²) in [5.74, 6) is -0.630. The number of nitrogens with one attached hydrogen (secondary N) is 1. The quantitative estimate of drug-likeness (QED) is 0.663. The van der Waals surface area contributed by atoms with Gasteiger partial charge in [-0.05, 0) is 38.1 Å². The smallest absolute Gasteiger partial charge is 0.387 e. The number of carbonyl (C=O) groups is 1. The Kier molecular flexibility index (Phi) is 6.74. The number of ether oxygens (including phenoxy) is 2. The van der Waals surface area contributed by atoms with Gasteiger partial charge in [-0.2, -0.15) is 8.78 Å². The largest absolute Gasteiger partial charge is 0.493 e. The van der Waals surface area contributed by atoms with Crippen LogP contribution in [0.5, 0.6) is 11.5 Å². The van der Waals surface area contributed by atoms with E-state index >= 15 is 0 Å². The third-order valence-electron chi connectivity index (χ3n) is 5.11. The van der Waals surface area contributed by atoms with Crippen LogP contribution in [0.4, 0.5) is 8.78 Å². The molecule has 3 rings (SSSR count).